The van der Waals surface area contributed by atoms with Crippen molar-refractivity contribution in [2.24, 2.45) is 5.92 Å². The Hall–Kier alpha value is -4.04. The van der Waals surface area contributed by atoms with Crippen LogP contribution in [-0.2, 0) is 4.74 Å². The summed E-state index contributed by atoms with van der Waals surface area (Å²) in [4.78, 5) is 24.7. The highest BCUT2D eigenvalue weighted by atomic mass is 16.5. The molecule has 1 atom stereocenters. The molecule has 3 aromatic rings. The minimum Gasteiger partial charge on any atom is -0.494 e. The van der Waals surface area contributed by atoms with Crippen molar-refractivity contribution >= 4 is 11.9 Å². The smallest absolute Gasteiger partial charge is 0.343 e. The van der Waals surface area contributed by atoms with Crippen LogP contribution in [0.5, 0.6) is 11.5 Å². The van der Waals surface area contributed by atoms with Gasteiger partial charge in [-0.05, 0) is 85.1 Å². The van der Waals surface area contributed by atoms with Crippen LogP contribution in [0.15, 0.2) is 72.8 Å². The predicted molar refractivity (Wildman–Crippen MR) is 168 cm³/mol. The zero-order chi connectivity index (χ0) is 30.0. The topological polar surface area (TPSA) is 61.8 Å². The van der Waals surface area contributed by atoms with E-state index in [0.717, 1.165) is 36.3 Å². The van der Waals surface area contributed by atoms with Gasteiger partial charge in [-0.2, -0.15) is 0 Å². The molecule has 5 heteroatoms. The summed E-state index contributed by atoms with van der Waals surface area (Å²) in [5, 5.41) is 0. The number of carbonyl (C=O) groups is 2. The van der Waals surface area contributed by atoms with Crippen molar-refractivity contribution in [1.82, 2.24) is 0 Å². The average Bonchev–Trinajstić information content (AvgIpc) is 3.02. The molecule has 3 aromatic carbocycles. The van der Waals surface area contributed by atoms with Gasteiger partial charge in [0.1, 0.15) is 11.5 Å². The molecular weight excluding hydrogens is 524 g/mol. The SMILES string of the molecule is CCCCCCCCCCOc1ccc(C#Cc2ccc(C(=O)Oc3ccc(C(=O)OC[C@@H](C)CC)cc3)cc2)cc1. The van der Waals surface area contributed by atoms with E-state index in [9.17, 15) is 9.59 Å². The molecular formula is C37H44O5. The van der Waals surface area contributed by atoms with Gasteiger partial charge in [0.05, 0.1) is 24.3 Å². The second kappa shape index (κ2) is 18.4. The van der Waals surface area contributed by atoms with Crippen LogP contribution in [-0.4, -0.2) is 25.2 Å². The van der Waals surface area contributed by atoms with Gasteiger partial charge in [-0.25, -0.2) is 9.59 Å². The van der Waals surface area contributed by atoms with Crippen LogP contribution in [0, 0.1) is 17.8 Å². The number of benzene rings is 3. The molecule has 0 aliphatic heterocycles. The lowest BCUT2D eigenvalue weighted by Crippen LogP contribution is -2.12. The highest BCUT2D eigenvalue weighted by Crippen LogP contribution is 2.17. The Kier molecular flexibility index (Phi) is 14.2. The summed E-state index contributed by atoms with van der Waals surface area (Å²) in [5.74, 6) is 6.95. The lowest BCUT2D eigenvalue weighted by Gasteiger charge is -2.10. The van der Waals surface area contributed by atoms with Crippen LogP contribution >= 0.6 is 0 Å². The first-order chi connectivity index (χ1) is 20.5. The largest absolute Gasteiger partial charge is 0.494 e. The van der Waals surface area contributed by atoms with Crippen LogP contribution in [0.1, 0.15) is 110 Å². The number of rotatable bonds is 16. The second-order valence-electron chi connectivity index (χ2n) is 10.7. The Labute approximate surface area is 251 Å². The van der Waals surface area contributed by atoms with Gasteiger partial charge in [0.2, 0.25) is 0 Å². The average molecular weight is 569 g/mol. The molecule has 0 unspecified atom stereocenters. The van der Waals surface area contributed by atoms with E-state index in [4.69, 9.17) is 14.2 Å². The number of ether oxygens (including phenoxy) is 3. The molecule has 0 aliphatic carbocycles. The van der Waals surface area contributed by atoms with E-state index in [-0.39, 0.29) is 5.97 Å². The molecule has 0 spiro atoms. The van der Waals surface area contributed by atoms with Gasteiger partial charge < -0.3 is 14.2 Å². The van der Waals surface area contributed by atoms with Crippen molar-refractivity contribution in [3.05, 3.63) is 95.1 Å². The van der Waals surface area contributed by atoms with E-state index in [2.05, 4.69) is 25.7 Å². The maximum absolute atomic E-state index is 12.6. The molecule has 0 saturated carbocycles. The first kappa shape index (κ1) is 32.5. The lowest BCUT2D eigenvalue weighted by atomic mass is 10.1. The maximum atomic E-state index is 12.6. The minimum absolute atomic E-state index is 0.312. The normalized spacial score (nSPS) is 11.2. The molecule has 0 N–H and O–H groups in total. The second-order valence-corrected chi connectivity index (χ2v) is 10.7. The van der Waals surface area contributed by atoms with Gasteiger partial charge in [-0.3, -0.25) is 0 Å². The first-order valence-electron chi connectivity index (χ1n) is 15.3. The van der Waals surface area contributed by atoms with E-state index < -0.39 is 5.97 Å². The summed E-state index contributed by atoms with van der Waals surface area (Å²) in [6, 6.07) is 21.2. The lowest BCUT2D eigenvalue weighted by molar-refractivity contribution is 0.0447. The van der Waals surface area contributed by atoms with E-state index in [0.29, 0.717) is 29.4 Å². The fourth-order valence-electron chi connectivity index (χ4n) is 4.14. The van der Waals surface area contributed by atoms with Gasteiger partial charge in [0, 0.05) is 11.1 Å². The van der Waals surface area contributed by atoms with E-state index >= 15 is 0 Å². The molecule has 0 bridgehead atoms. The van der Waals surface area contributed by atoms with Crippen LogP contribution in [0.2, 0.25) is 0 Å². The van der Waals surface area contributed by atoms with Crippen LogP contribution in [0.25, 0.3) is 0 Å². The van der Waals surface area contributed by atoms with Crippen molar-refractivity contribution < 1.29 is 23.8 Å². The first-order valence-corrected chi connectivity index (χ1v) is 15.3. The number of esters is 2. The van der Waals surface area contributed by atoms with Crippen LogP contribution in [0.4, 0.5) is 0 Å². The Balaban J connectivity index is 1.41. The Morgan fingerprint density at radius 3 is 1.74 bits per heavy atom. The number of unbranched alkanes of at least 4 members (excludes halogenated alkanes) is 7. The molecule has 222 valence electrons. The summed E-state index contributed by atoms with van der Waals surface area (Å²) in [6.45, 7) is 7.46. The van der Waals surface area contributed by atoms with Crippen molar-refractivity contribution in [2.45, 2.75) is 78.6 Å². The third kappa shape index (κ3) is 11.8. The number of hydrogen-bond donors (Lipinski definition) is 0. The number of hydrogen-bond acceptors (Lipinski definition) is 5. The van der Waals surface area contributed by atoms with Crippen molar-refractivity contribution in [3.8, 4) is 23.3 Å². The summed E-state index contributed by atoms with van der Waals surface area (Å²) < 4.78 is 16.6. The van der Waals surface area contributed by atoms with E-state index in [1.807, 2.05) is 31.2 Å². The monoisotopic (exact) mass is 568 g/mol. The molecule has 5 nitrogen and oxygen atoms in total. The third-order valence-corrected chi connectivity index (χ3v) is 7.09. The molecule has 0 aromatic heterocycles. The standard InChI is InChI=1S/C37H44O5/c1-4-6-7-8-9-10-11-12-27-40-34-23-17-31(18-24-34)14-13-30-15-19-33(20-16-30)37(39)42-35-25-21-32(22-26-35)36(38)41-28-29(3)5-2/h15-26,29H,4-12,27-28H2,1-3H3/t29-/m0/s1. The van der Waals surface area contributed by atoms with Gasteiger partial charge in [0.25, 0.3) is 0 Å². The Morgan fingerprint density at radius 2 is 1.14 bits per heavy atom. The van der Waals surface area contributed by atoms with Crippen LogP contribution < -0.4 is 9.47 Å². The zero-order valence-corrected chi connectivity index (χ0v) is 25.3. The van der Waals surface area contributed by atoms with Gasteiger partial charge in [0.15, 0.2) is 0 Å². The fraction of sp³-hybridized carbons (Fsp3) is 0.405. The molecule has 0 heterocycles. The minimum atomic E-state index is -0.482. The predicted octanol–water partition coefficient (Wildman–Crippen LogP) is 9.03. The molecule has 0 radical (unpaired) electrons. The number of carbonyl (C=O) groups excluding carboxylic acids is 2. The molecule has 0 saturated heterocycles. The summed E-state index contributed by atoms with van der Waals surface area (Å²) in [7, 11) is 0. The third-order valence-electron chi connectivity index (χ3n) is 7.09. The summed E-state index contributed by atoms with van der Waals surface area (Å²) in [5.41, 5.74) is 2.52. The van der Waals surface area contributed by atoms with E-state index in [1.54, 1.807) is 48.5 Å². The molecule has 0 aliphatic rings. The highest BCUT2D eigenvalue weighted by molar-refractivity contribution is 5.92. The van der Waals surface area contributed by atoms with Crippen molar-refractivity contribution in [1.29, 1.82) is 0 Å². The van der Waals surface area contributed by atoms with Crippen LogP contribution in [0.3, 0.4) is 0 Å². The molecule has 0 fully saturated rings. The quantitative estimate of drug-likeness (QED) is 0.0747. The van der Waals surface area contributed by atoms with Gasteiger partial charge in [-0.1, -0.05) is 84.0 Å². The Morgan fingerprint density at radius 1 is 0.643 bits per heavy atom. The summed E-state index contributed by atoms with van der Waals surface area (Å²) in [6.07, 6.45) is 11.2. The van der Waals surface area contributed by atoms with Gasteiger partial charge >= 0.3 is 11.9 Å². The maximum Gasteiger partial charge on any atom is 0.343 e. The van der Waals surface area contributed by atoms with Gasteiger partial charge in [-0.15, -0.1) is 0 Å². The molecule has 0 amide bonds. The van der Waals surface area contributed by atoms with E-state index in [1.165, 1.54) is 44.9 Å². The summed E-state index contributed by atoms with van der Waals surface area (Å²) >= 11 is 0. The fourth-order valence-corrected chi connectivity index (χ4v) is 4.14. The molecule has 3 rings (SSSR count). The zero-order valence-electron chi connectivity index (χ0n) is 25.3. The van der Waals surface area contributed by atoms with Crippen molar-refractivity contribution in [2.75, 3.05) is 13.2 Å². The highest BCUT2D eigenvalue weighted by Gasteiger charge is 2.12. The Bertz CT molecular complexity index is 1280. The molecule has 42 heavy (non-hydrogen) atoms. The van der Waals surface area contributed by atoms with Crippen molar-refractivity contribution in [3.63, 3.8) is 0 Å².